The third kappa shape index (κ3) is 4.26. The topological polar surface area (TPSA) is 98.0 Å². The molecule has 8 heteroatoms. The SMILES string of the molecule is Cc1ccnc(SCC(=O)Nc2ccc(C)c([N+](=O)[O-])c2)n1. The van der Waals surface area contributed by atoms with Gasteiger partial charge in [0.2, 0.25) is 5.91 Å². The van der Waals surface area contributed by atoms with Crippen molar-refractivity contribution in [3.63, 3.8) is 0 Å². The second kappa shape index (κ2) is 6.99. The minimum Gasteiger partial charge on any atom is -0.325 e. The minimum absolute atomic E-state index is 0.0209. The summed E-state index contributed by atoms with van der Waals surface area (Å²) in [7, 11) is 0. The molecule has 0 unspecified atom stereocenters. The predicted octanol–water partition coefficient (Wildman–Crippen LogP) is 2.73. The molecule has 0 bridgehead atoms. The number of hydrogen-bond acceptors (Lipinski definition) is 6. The Labute approximate surface area is 131 Å². The van der Waals surface area contributed by atoms with Crippen LogP contribution in [0.2, 0.25) is 0 Å². The highest BCUT2D eigenvalue weighted by Gasteiger charge is 2.12. The molecule has 0 saturated heterocycles. The summed E-state index contributed by atoms with van der Waals surface area (Å²) in [6.07, 6.45) is 1.63. The van der Waals surface area contributed by atoms with Crippen molar-refractivity contribution in [1.82, 2.24) is 9.97 Å². The maximum absolute atomic E-state index is 11.9. The first kappa shape index (κ1) is 15.9. The number of thioether (sulfide) groups is 1. The Morgan fingerprint density at radius 2 is 2.14 bits per heavy atom. The normalized spacial score (nSPS) is 10.3. The highest BCUT2D eigenvalue weighted by Crippen LogP contribution is 2.22. The number of hydrogen-bond donors (Lipinski definition) is 1. The number of carbonyl (C=O) groups is 1. The molecule has 2 aromatic rings. The van der Waals surface area contributed by atoms with Gasteiger partial charge < -0.3 is 5.32 Å². The van der Waals surface area contributed by atoms with Crippen molar-refractivity contribution in [2.24, 2.45) is 0 Å². The van der Waals surface area contributed by atoms with Gasteiger partial charge in [-0.1, -0.05) is 17.8 Å². The van der Waals surface area contributed by atoms with Crippen LogP contribution < -0.4 is 5.32 Å². The molecule has 0 saturated carbocycles. The minimum atomic E-state index is -0.472. The molecule has 114 valence electrons. The van der Waals surface area contributed by atoms with Crippen LogP contribution in [0.5, 0.6) is 0 Å². The van der Waals surface area contributed by atoms with Crippen molar-refractivity contribution in [3.05, 3.63) is 51.8 Å². The number of anilines is 1. The predicted molar refractivity (Wildman–Crippen MR) is 84.0 cm³/mol. The zero-order chi connectivity index (χ0) is 16.1. The van der Waals surface area contributed by atoms with Crippen molar-refractivity contribution < 1.29 is 9.72 Å². The van der Waals surface area contributed by atoms with Crippen LogP contribution in [0.15, 0.2) is 35.6 Å². The van der Waals surface area contributed by atoms with E-state index >= 15 is 0 Å². The molecule has 0 aliphatic heterocycles. The van der Waals surface area contributed by atoms with E-state index in [1.807, 2.05) is 6.92 Å². The van der Waals surface area contributed by atoms with Crippen molar-refractivity contribution in [2.45, 2.75) is 19.0 Å². The maximum atomic E-state index is 11.9. The first-order chi connectivity index (χ1) is 10.5. The summed E-state index contributed by atoms with van der Waals surface area (Å²) in [4.78, 5) is 30.5. The lowest BCUT2D eigenvalue weighted by Gasteiger charge is -2.06. The number of nitro benzene ring substituents is 1. The van der Waals surface area contributed by atoms with Crippen molar-refractivity contribution >= 4 is 29.0 Å². The fourth-order valence-electron chi connectivity index (χ4n) is 1.71. The van der Waals surface area contributed by atoms with Gasteiger partial charge in [0.1, 0.15) is 0 Å². The highest BCUT2D eigenvalue weighted by atomic mass is 32.2. The molecule has 7 nitrogen and oxygen atoms in total. The molecule has 0 aliphatic rings. The second-order valence-corrected chi connectivity index (χ2v) is 5.52. The van der Waals surface area contributed by atoms with Crippen LogP contribution in [0.1, 0.15) is 11.3 Å². The Morgan fingerprint density at radius 1 is 1.36 bits per heavy atom. The lowest BCUT2D eigenvalue weighted by atomic mass is 10.2. The van der Waals surface area contributed by atoms with Crippen LogP contribution in [0.4, 0.5) is 11.4 Å². The molecule has 1 N–H and O–H groups in total. The van der Waals surface area contributed by atoms with Gasteiger partial charge in [-0.15, -0.1) is 0 Å². The van der Waals surface area contributed by atoms with E-state index in [0.717, 1.165) is 5.69 Å². The standard InChI is InChI=1S/C14H14N4O3S/c1-9-3-4-11(7-12(9)18(20)21)17-13(19)8-22-14-15-6-5-10(2)16-14/h3-7H,8H2,1-2H3,(H,17,19). The van der Waals surface area contributed by atoms with Gasteiger partial charge in [0, 0.05) is 29.2 Å². The Morgan fingerprint density at radius 3 is 2.82 bits per heavy atom. The lowest BCUT2D eigenvalue weighted by Crippen LogP contribution is -2.14. The Hall–Kier alpha value is -2.48. The summed E-state index contributed by atoms with van der Waals surface area (Å²) < 4.78 is 0. The van der Waals surface area contributed by atoms with Crippen LogP contribution in [0.3, 0.4) is 0 Å². The Balaban J connectivity index is 1.97. The molecule has 0 spiro atoms. The van der Waals surface area contributed by atoms with Crippen molar-refractivity contribution in [1.29, 1.82) is 0 Å². The van der Waals surface area contributed by atoms with Gasteiger partial charge in [0.05, 0.1) is 10.7 Å². The Bertz CT molecular complexity index is 721. The quantitative estimate of drug-likeness (QED) is 0.394. The number of amides is 1. The van der Waals surface area contributed by atoms with Crippen LogP contribution >= 0.6 is 11.8 Å². The molecule has 1 aromatic carbocycles. The fourth-order valence-corrected chi connectivity index (χ4v) is 2.38. The van der Waals surface area contributed by atoms with Gasteiger partial charge in [0.25, 0.3) is 5.69 Å². The number of aryl methyl sites for hydroxylation is 2. The molecule has 1 heterocycles. The van der Waals surface area contributed by atoms with Crippen LogP contribution in [0.25, 0.3) is 0 Å². The van der Waals surface area contributed by atoms with Gasteiger partial charge in [0.15, 0.2) is 5.16 Å². The zero-order valence-electron chi connectivity index (χ0n) is 12.1. The monoisotopic (exact) mass is 318 g/mol. The molecule has 2 rings (SSSR count). The van der Waals surface area contributed by atoms with Crippen LogP contribution in [-0.4, -0.2) is 26.6 Å². The first-order valence-corrected chi connectivity index (χ1v) is 7.41. The van der Waals surface area contributed by atoms with Gasteiger partial charge in [-0.2, -0.15) is 0 Å². The van der Waals surface area contributed by atoms with E-state index in [-0.39, 0.29) is 17.3 Å². The zero-order valence-corrected chi connectivity index (χ0v) is 12.9. The van der Waals surface area contributed by atoms with Gasteiger partial charge in [-0.3, -0.25) is 14.9 Å². The summed E-state index contributed by atoms with van der Waals surface area (Å²) in [5.74, 6) is -0.140. The average Bonchev–Trinajstić information content (AvgIpc) is 2.47. The smallest absolute Gasteiger partial charge is 0.274 e. The Kier molecular flexibility index (Phi) is 5.05. The number of nitro groups is 1. The average molecular weight is 318 g/mol. The van der Waals surface area contributed by atoms with E-state index in [0.29, 0.717) is 16.4 Å². The number of nitrogens with zero attached hydrogens (tertiary/aromatic N) is 3. The van der Waals surface area contributed by atoms with E-state index in [4.69, 9.17) is 0 Å². The molecular weight excluding hydrogens is 304 g/mol. The first-order valence-electron chi connectivity index (χ1n) is 6.43. The van der Waals surface area contributed by atoms with E-state index < -0.39 is 4.92 Å². The number of nitrogens with one attached hydrogen (secondary N) is 1. The number of aromatic nitrogens is 2. The third-order valence-corrected chi connectivity index (χ3v) is 3.66. The highest BCUT2D eigenvalue weighted by molar-refractivity contribution is 7.99. The lowest BCUT2D eigenvalue weighted by molar-refractivity contribution is -0.385. The van der Waals surface area contributed by atoms with Crippen molar-refractivity contribution in [3.8, 4) is 0 Å². The fraction of sp³-hybridized carbons (Fsp3) is 0.214. The number of rotatable bonds is 5. The summed E-state index contributed by atoms with van der Waals surface area (Å²) in [5.41, 5.74) is 1.75. The molecular formula is C14H14N4O3S. The summed E-state index contributed by atoms with van der Waals surface area (Å²) in [5, 5.41) is 14.0. The van der Waals surface area contributed by atoms with Crippen LogP contribution in [0, 0.1) is 24.0 Å². The van der Waals surface area contributed by atoms with Gasteiger partial charge >= 0.3 is 0 Å². The molecule has 22 heavy (non-hydrogen) atoms. The summed E-state index contributed by atoms with van der Waals surface area (Å²) >= 11 is 1.21. The molecule has 0 fully saturated rings. The van der Waals surface area contributed by atoms with Crippen LogP contribution in [-0.2, 0) is 4.79 Å². The maximum Gasteiger partial charge on any atom is 0.274 e. The van der Waals surface area contributed by atoms with E-state index in [2.05, 4.69) is 15.3 Å². The van der Waals surface area contributed by atoms with E-state index in [9.17, 15) is 14.9 Å². The molecule has 0 atom stereocenters. The summed E-state index contributed by atoms with van der Waals surface area (Å²) in [6.45, 7) is 3.49. The molecule has 0 radical (unpaired) electrons. The molecule has 1 amide bonds. The largest absolute Gasteiger partial charge is 0.325 e. The molecule has 1 aromatic heterocycles. The van der Waals surface area contributed by atoms with Gasteiger partial charge in [-0.25, -0.2) is 9.97 Å². The van der Waals surface area contributed by atoms with E-state index in [1.165, 1.54) is 17.8 Å². The number of carbonyl (C=O) groups excluding carboxylic acids is 1. The third-order valence-electron chi connectivity index (χ3n) is 2.79. The second-order valence-electron chi connectivity index (χ2n) is 4.58. The van der Waals surface area contributed by atoms with Crippen molar-refractivity contribution in [2.75, 3.05) is 11.1 Å². The summed E-state index contributed by atoms with van der Waals surface area (Å²) in [6, 6.07) is 6.36. The molecule has 0 aliphatic carbocycles. The van der Waals surface area contributed by atoms with Gasteiger partial charge in [-0.05, 0) is 26.0 Å². The van der Waals surface area contributed by atoms with E-state index in [1.54, 1.807) is 31.3 Å². The number of benzene rings is 1.